The van der Waals surface area contributed by atoms with E-state index in [4.69, 9.17) is 19.0 Å². The third kappa shape index (κ3) is 7.46. The number of rotatable bonds is 11. The molecule has 7 atom stereocenters. The maximum atomic E-state index is 12.8. The van der Waals surface area contributed by atoms with Crippen LogP contribution in [-0.4, -0.2) is 66.9 Å². The fourth-order valence-electron chi connectivity index (χ4n) is 7.68. The van der Waals surface area contributed by atoms with Gasteiger partial charge in [-0.15, -0.1) is 0 Å². The summed E-state index contributed by atoms with van der Waals surface area (Å²) in [5, 5.41) is 1.96. The summed E-state index contributed by atoms with van der Waals surface area (Å²) in [7, 11) is 3.62. The van der Waals surface area contributed by atoms with E-state index in [-0.39, 0.29) is 36.0 Å². The van der Waals surface area contributed by atoms with Gasteiger partial charge in [0.2, 0.25) is 0 Å². The van der Waals surface area contributed by atoms with Crippen LogP contribution in [0, 0.1) is 5.92 Å². The number of esters is 2. The smallest absolute Gasteiger partial charge is 0.302 e. The molecule has 4 aromatic rings. The Labute approximate surface area is 283 Å². The number of methoxy groups -OCH3 is 1. The Morgan fingerprint density at radius 1 is 0.812 bits per heavy atom. The molecule has 0 aromatic heterocycles. The zero-order valence-electron chi connectivity index (χ0n) is 28.0. The second-order valence-electron chi connectivity index (χ2n) is 12.7. The third-order valence-corrected chi connectivity index (χ3v) is 9.58. The van der Waals surface area contributed by atoms with Crippen LogP contribution < -0.4 is 4.74 Å². The van der Waals surface area contributed by atoms with Crippen molar-refractivity contribution in [3.8, 4) is 5.75 Å². The van der Waals surface area contributed by atoms with Crippen molar-refractivity contribution in [3.63, 3.8) is 0 Å². The zero-order chi connectivity index (χ0) is 33.6. The van der Waals surface area contributed by atoms with E-state index in [9.17, 15) is 9.59 Å². The monoisotopic (exact) mass is 648 g/mol. The molecule has 2 fully saturated rings. The first kappa shape index (κ1) is 33.4. The van der Waals surface area contributed by atoms with Gasteiger partial charge in [0.1, 0.15) is 24.1 Å². The van der Waals surface area contributed by atoms with Crippen LogP contribution in [0.1, 0.15) is 48.2 Å². The van der Waals surface area contributed by atoms with E-state index in [0.29, 0.717) is 19.4 Å². The molecule has 6 rings (SSSR count). The number of hydrogen-bond donors (Lipinski definition) is 0. The molecule has 4 aromatic carbocycles. The van der Waals surface area contributed by atoms with E-state index < -0.39 is 18.2 Å². The topological polar surface area (TPSA) is 77.5 Å². The molecular formula is C40H44N2O6. The van der Waals surface area contributed by atoms with Crippen molar-refractivity contribution >= 4 is 11.9 Å². The van der Waals surface area contributed by atoms with E-state index in [1.54, 1.807) is 7.11 Å². The summed E-state index contributed by atoms with van der Waals surface area (Å²) in [6.07, 6.45) is -0.154. The number of benzene rings is 4. The Balaban J connectivity index is 1.51. The van der Waals surface area contributed by atoms with Gasteiger partial charge in [0.15, 0.2) is 0 Å². The highest BCUT2D eigenvalue weighted by Gasteiger charge is 2.57. The van der Waals surface area contributed by atoms with Crippen LogP contribution in [0.3, 0.4) is 0 Å². The number of fused-ring (bicyclic) bond motifs is 1. The first-order valence-corrected chi connectivity index (χ1v) is 16.6. The molecule has 0 bridgehead atoms. The van der Waals surface area contributed by atoms with Gasteiger partial charge in [-0.25, -0.2) is 0 Å². The average Bonchev–Trinajstić information content (AvgIpc) is 3.45. The molecule has 2 saturated heterocycles. The molecule has 0 spiro atoms. The van der Waals surface area contributed by atoms with Gasteiger partial charge in [-0.3, -0.25) is 19.3 Å². The summed E-state index contributed by atoms with van der Waals surface area (Å²) in [5.74, 6) is -0.116. The number of carbonyl (C=O) groups is 2. The van der Waals surface area contributed by atoms with Crippen molar-refractivity contribution in [1.29, 1.82) is 0 Å². The minimum atomic E-state index is -0.552. The first-order chi connectivity index (χ1) is 23.3. The van der Waals surface area contributed by atoms with Gasteiger partial charge in [-0.1, -0.05) is 103 Å². The number of hydroxylamine groups is 2. The SMILES string of the molecule is COc1ccc([C@H]([C@H](Cc2ccccc2)OC(C)=O)N2C[C@@H](OC(C)=O)[C@@H]3[C@H]([C@@H]2Cc2ccccc2)N(C)O[C@H]3c2ccccc2)cc1. The number of hydrogen-bond acceptors (Lipinski definition) is 8. The standard InChI is InChI=1S/C40H44N2O6/c1-27(43)46-35(25-30-16-10-6-11-17-30)38(31-20-22-33(45-4)23-21-31)42-26-36(47-28(2)44)37-39(34(42)24-29-14-8-5-9-15-29)41(3)48-40(37)32-18-12-7-13-19-32/h5-23,34-40H,24-26H2,1-4H3/t34-,35-,36+,37+,38+,39-,40-/m0/s1. The zero-order valence-corrected chi connectivity index (χ0v) is 28.0. The van der Waals surface area contributed by atoms with Crippen LogP contribution in [0.2, 0.25) is 0 Å². The fraction of sp³-hybridized carbons (Fsp3) is 0.350. The van der Waals surface area contributed by atoms with Gasteiger partial charge in [0.25, 0.3) is 0 Å². The third-order valence-electron chi connectivity index (χ3n) is 9.58. The molecule has 8 nitrogen and oxygen atoms in total. The summed E-state index contributed by atoms with van der Waals surface area (Å²) in [4.78, 5) is 34.6. The summed E-state index contributed by atoms with van der Waals surface area (Å²) < 4.78 is 18.0. The highest BCUT2D eigenvalue weighted by atomic mass is 16.7. The van der Waals surface area contributed by atoms with Gasteiger partial charge in [0.05, 0.1) is 19.2 Å². The molecule has 0 unspecified atom stereocenters. The van der Waals surface area contributed by atoms with Crippen molar-refractivity contribution in [2.75, 3.05) is 20.7 Å². The molecule has 250 valence electrons. The van der Waals surface area contributed by atoms with Crippen LogP contribution in [0.25, 0.3) is 0 Å². The molecule has 2 heterocycles. The van der Waals surface area contributed by atoms with Gasteiger partial charge in [-0.2, -0.15) is 5.06 Å². The van der Waals surface area contributed by atoms with Crippen LogP contribution in [0.5, 0.6) is 5.75 Å². The highest BCUT2D eigenvalue weighted by Crippen LogP contribution is 2.49. The second-order valence-corrected chi connectivity index (χ2v) is 12.7. The summed E-state index contributed by atoms with van der Waals surface area (Å²) in [6.45, 7) is 3.34. The summed E-state index contributed by atoms with van der Waals surface area (Å²) in [6, 6.07) is 38.0. The Kier molecular flexibility index (Phi) is 10.5. The number of carbonyl (C=O) groups excluding carboxylic acids is 2. The van der Waals surface area contributed by atoms with E-state index >= 15 is 0 Å². The Morgan fingerprint density at radius 2 is 1.42 bits per heavy atom. The van der Waals surface area contributed by atoms with E-state index in [0.717, 1.165) is 22.4 Å². The average molecular weight is 649 g/mol. The highest BCUT2D eigenvalue weighted by molar-refractivity contribution is 5.66. The number of nitrogens with zero attached hydrogens (tertiary/aromatic N) is 2. The molecule has 0 aliphatic carbocycles. The molecule has 0 N–H and O–H groups in total. The number of likely N-dealkylation sites (N-methyl/N-ethyl adjacent to an activating group) is 1. The van der Waals surface area contributed by atoms with Crippen molar-refractivity contribution in [2.45, 2.75) is 63.1 Å². The maximum absolute atomic E-state index is 12.8. The molecule has 2 aliphatic rings. The van der Waals surface area contributed by atoms with Crippen LogP contribution in [0.4, 0.5) is 0 Å². The maximum Gasteiger partial charge on any atom is 0.302 e. The Hall–Kier alpha value is -4.50. The summed E-state index contributed by atoms with van der Waals surface area (Å²) in [5.41, 5.74) is 4.24. The Bertz CT molecular complexity index is 1640. The van der Waals surface area contributed by atoms with Crippen LogP contribution >= 0.6 is 0 Å². The largest absolute Gasteiger partial charge is 0.497 e. The van der Waals surface area contributed by atoms with Gasteiger partial charge >= 0.3 is 11.9 Å². The number of ether oxygens (including phenoxy) is 3. The quantitative estimate of drug-likeness (QED) is 0.174. The predicted molar refractivity (Wildman–Crippen MR) is 183 cm³/mol. The molecule has 2 aliphatic heterocycles. The van der Waals surface area contributed by atoms with Gasteiger partial charge in [-0.05, 0) is 40.8 Å². The lowest BCUT2D eigenvalue weighted by atomic mass is 9.75. The molecular weight excluding hydrogens is 604 g/mol. The van der Waals surface area contributed by atoms with Gasteiger partial charge in [0, 0.05) is 45.8 Å². The van der Waals surface area contributed by atoms with E-state index in [2.05, 4.69) is 53.4 Å². The first-order valence-electron chi connectivity index (χ1n) is 16.6. The lowest BCUT2D eigenvalue weighted by Gasteiger charge is -2.51. The second kappa shape index (κ2) is 15.2. The van der Waals surface area contributed by atoms with E-state index in [1.807, 2.05) is 78.8 Å². The minimum Gasteiger partial charge on any atom is -0.497 e. The van der Waals surface area contributed by atoms with Crippen molar-refractivity contribution in [2.24, 2.45) is 5.92 Å². The molecule has 8 heteroatoms. The lowest BCUT2D eigenvalue weighted by Crippen LogP contribution is -2.64. The molecule has 0 saturated carbocycles. The predicted octanol–water partition coefficient (Wildman–Crippen LogP) is 6.37. The van der Waals surface area contributed by atoms with Crippen molar-refractivity contribution < 1.29 is 28.6 Å². The lowest BCUT2D eigenvalue weighted by molar-refractivity contribution is -0.169. The fourth-order valence-corrected chi connectivity index (χ4v) is 7.68. The normalized spacial score (nSPS) is 23.9. The molecule has 0 amide bonds. The van der Waals surface area contributed by atoms with Crippen molar-refractivity contribution in [1.82, 2.24) is 9.96 Å². The Morgan fingerprint density at radius 3 is 2.00 bits per heavy atom. The van der Waals surface area contributed by atoms with Crippen LogP contribution in [0.15, 0.2) is 115 Å². The van der Waals surface area contributed by atoms with Crippen molar-refractivity contribution in [3.05, 3.63) is 138 Å². The van der Waals surface area contributed by atoms with Gasteiger partial charge < -0.3 is 14.2 Å². The number of piperidine rings is 1. The number of likely N-dealkylation sites (tertiary alicyclic amines) is 1. The van der Waals surface area contributed by atoms with E-state index in [1.165, 1.54) is 19.4 Å². The van der Waals surface area contributed by atoms with Crippen LogP contribution in [-0.2, 0) is 36.7 Å². The molecule has 0 radical (unpaired) electrons. The minimum absolute atomic E-state index is 0.108. The summed E-state index contributed by atoms with van der Waals surface area (Å²) >= 11 is 0. The molecule has 48 heavy (non-hydrogen) atoms.